The Morgan fingerprint density at radius 2 is 1.80 bits per heavy atom. The van der Waals surface area contributed by atoms with Gasteiger partial charge in [-0.3, -0.25) is 9.59 Å². The molecule has 3 heterocycles. The van der Waals surface area contributed by atoms with Gasteiger partial charge in [0, 0.05) is 30.0 Å². The number of nitrogens with zero attached hydrogens (tertiary/aromatic N) is 7. The normalized spacial score (nSPS) is 12.4. The number of ketones is 1. The number of Topliss-reactive ketones (excluding diaryl/α,β-unsaturated/α-hetero) is 1. The van der Waals surface area contributed by atoms with Crippen molar-refractivity contribution in [1.82, 2.24) is 40.3 Å². The zero-order valence-electron chi connectivity index (χ0n) is 24.3. The largest absolute Gasteiger partial charge is 0.504 e. The van der Waals surface area contributed by atoms with Gasteiger partial charge < -0.3 is 10.4 Å². The van der Waals surface area contributed by atoms with Crippen molar-refractivity contribution in [3.8, 4) is 11.6 Å². The van der Waals surface area contributed by atoms with Crippen molar-refractivity contribution in [2.24, 2.45) is 0 Å². The number of rotatable bonds is 9. The molecule has 44 heavy (non-hydrogen) atoms. The third-order valence-electron chi connectivity index (χ3n) is 6.23. The van der Waals surface area contributed by atoms with Crippen LogP contribution in [0.25, 0.3) is 5.82 Å². The quantitative estimate of drug-likeness (QED) is 0.260. The average Bonchev–Trinajstić information content (AvgIpc) is 3.54. The molecule has 0 unspecified atom stereocenters. The maximum atomic E-state index is 13.6. The lowest BCUT2D eigenvalue weighted by atomic mass is 9.95. The number of carbonyl (C=O) groups excluding carboxylic acids is 2. The van der Waals surface area contributed by atoms with E-state index in [4.69, 9.17) is 0 Å². The molecule has 13 nitrogen and oxygen atoms in total. The Morgan fingerprint density at radius 3 is 2.39 bits per heavy atom. The second-order valence-corrected chi connectivity index (χ2v) is 13.1. The first kappa shape index (κ1) is 32.2. The van der Waals surface area contributed by atoms with E-state index in [-0.39, 0.29) is 52.8 Å². The van der Waals surface area contributed by atoms with Crippen molar-refractivity contribution in [3.05, 3.63) is 70.4 Å². The van der Waals surface area contributed by atoms with E-state index in [0.717, 1.165) is 10.9 Å². The highest BCUT2D eigenvalue weighted by atomic mass is 32.2. The molecule has 0 bridgehead atoms. The van der Waals surface area contributed by atoms with Crippen LogP contribution in [0.1, 0.15) is 70.7 Å². The topological polar surface area (TPSA) is 175 Å². The van der Waals surface area contributed by atoms with Gasteiger partial charge in [-0.2, -0.15) is 23.1 Å². The molecule has 0 saturated carbocycles. The zero-order valence-corrected chi connectivity index (χ0v) is 25.2. The Labute approximate surface area is 250 Å². The zero-order chi connectivity index (χ0) is 32.6. The molecule has 17 heteroatoms. The van der Waals surface area contributed by atoms with Gasteiger partial charge >= 0.3 is 6.18 Å². The van der Waals surface area contributed by atoms with Gasteiger partial charge in [0.15, 0.2) is 27.2 Å². The second-order valence-electron chi connectivity index (χ2n) is 11.1. The summed E-state index contributed by atoms with van der Waals surface area (Å²) in [5.41, 5.74) is 0.411. The van der Waals surface area contributed by atoms with Crippen LogP contribution < -0.4 is 5.32 Å². The number of aromatic nitrogens is 7. The minimum absolute atomic E-state index is 0.0237. The Balaban J connectivity index is 1.70. The molecule has 0 aliphatic carbocycles. The fraction of sp³-hybridized carbons (Fsp3) is 0.370. The summed E-state index contributed by atoms with van der Waals surface area (Å²) in [7, 11) is -3.65. The Kier molecular flexibility index (Phi) is 8.64. The van der Waals surface area contributed by atoms with Gasteiger partial charge in [-0.25, -0.2) is 18.1 Å². The van der Waals surface area contributed by atoms with Crippen molar-refractivity contribution in [2.45, 2.75) is 63.7 Å². The summed E-state index contributed by atoms with van der Waals surface area (Å²) >= 11 is 0. The van der Waals surface area contributed by atoms with E-state index < -0.39 is 39.1 Å². The molecule has 0 spiro atoms. The lowest BCUT2D eigenvalue weighted by Crippen LogP contribution is -2.41. The maximum absolute atomic E-state index is 13.6. The number of halogens is 3. The first-order valence-electron chi connectivity index (χ1n) is 13.1. The van der Waals surface area contributed by atoms with Crippen LogP contribution in [-0.2, 0) is 29.0 Å². The molecule has 0 aliphatic heterocycles. The van der Waals surface area contributed by atoms with E-state index in [1.165, 1.54) is 36.5 Å². The molecule has 0 aliphatic rings. The molecule has 2 N–H and O–H groups in total. The minimum Gasteiger partial charge on any atom is -0.504 e. The SMILES string of the molecule is Cc1cc(S(C)(=O)=O)cc(C(=O)NC(C)(C)C)c1CCC(=O)c1cc(Cn2nnc(C(F)(F)F)n2)nn1-c1ncccc1O. The van der Waals surface area contributed by atoms with E-state index in [1.54, 1.807) is 27.7 Å². The Bertz CT molecular complexity index is 1840. The van der Waals surface area contributed by atoms with E-state index in [0.29, 0.717) is 15.9 Å². The molecular weight excluding hydrogens is 605 g/mol. The monoisotopic (exact) mass is 634 g/mol. The van der Waals surface area contributed by atoms with Gasteiger partial charge in [-0.15, -0.1) is 10.2 Å². The highest BCUT2D eigenvalue weighted by Crippen LogP contribution is 2.27. The van der Waals surface area contributed by atoms with E-state index >= 15 is 0 Å². The van der Waals surface area contributed by atoms with Gasteiger partial charge in [0.1, 0.15) is 12.2 Å². The highest BCUT2D eigenvalue weighted by Gasteiger charge is 2.37. The molecule has 0 saturated heterocycles. The summed E-state index contributed by atoms with van der Waals surface area (Å²) in [6.45, 7) is 6.56. The highest BCUT2D eigenvalue weighted by molar-refractivity contribution is 7.90. The second kappa shape index (κ2) is 11.8. The third-order valence-corrected chi connectivity index (χ3v) is 7.32. The summed E-state index contributed by atoms with van der Waals surface area (Å²) in [5, 5.41) is 27.2. The molecule has 0 radical (unpaired) electrons. The van der Waals surface area contributed by atoms with Crippen molar-refractivity contribution in [1.29, 1.82) is 0 Å². The summed E-state index contributed by atoms with van der Waals surface area (Å²) < 4.78 is 64.5. The number of nitrogens with one attached hydrogen (secondary N) is 1. The number of alkyl halides is 3. The fourth-order valence-corrected chi connectivity index (χ4v) is 5.02. The van der Waals surface area contributed by atoms with Crippen LogP contribution in [-0.4, -0.2) is 72.0 Å². The summed E-state index contributed by atoms with van der Waals surface area (Å²) in [5.74, 6) is -2.89. The predicted octanol–water partition coefficient (Wildman–Crippen LogP) is 3.08. The lowest BCUT2D eigenvalue weighted by Gasteiger charge is -2.22. The molecular formula is C27H29F3N8O5S. The predicted molar refractivity (Wildman–Crippen MR) is 149 cm³/mol. The van der Waals surface area contributed by atoms with Gasteiger partial charge in [0.2, 0.25) is 0 Å². The summed E-state index contributed by atoms with van der Waals surface area (Å²) in [6.07, 6.45) is -2.59. The number of pyridine rings is 1. The molecule has 1 aromatic carbocycles. The lowest BCUT2D eigenvalue weighted by molar-refractivity contribution is -0.145. The molecule has 4 aromatic rings. The summed E-state index contributed by atoms with van der Waals surface area (Å²) in [6, 6.07) is 6.78. The van der Waals surface area contributed by atoms with Crippen molar-refractivity contribution in [3.63, 3.8) is 0 Å². The maximum Gasteiger partial charge on any atom is 0.455 e. The number of aryl methyl sites for hydroxylation is 1. The van der Waals surface area contributed by atoms with Crippen LogP contribution in [0, 0.1) is 6.92 Å². The van der Waals surface area contributed by atoms with Gasteiger partial charge in [-0.1, -0.05) is 0 Å². The van der Waals surface area contributed by atoms with Gasteiger partial charge in [-0.05, 0) is 80.8 Å². The van der Waals surface area contributed by atoms with Crippen LogP contribution in [0.5, 0.6) is 5.75 Å². The first-order chi connectivity index (χ1) is 20.3. The van der Waals surface area contributed by atoms with Crippen LogP contribution in [0.15, 0.2) is 41.4 Å². The number of hydrogen-bond acceptors (Lipinski definition) is 10. The average molecular weight is 635 g/mol. The molecule has 0 fully saturated rings. The minimum atomic E-state index is -4.81. The van der Waals surface area contributed by atoms with E-state index in [9.17, 15) is 36.3 Å². The number of sulfone groups is 1. The van der Waals surface area contributed by atoms with Crippen LogP contribution in [0.2, 0.25) is 0 Å². The van der Waals surface area contributed by atoms with Crippen molar-refractivity contribution < 1.29 is 36.3 Å². The number of hydrogen-bond donors (Lipinski definition) is 2. The van der Waals surface area contributed by atoms with Crippen molar-refractivity contribution in [2.75, 3.05) is 6.26 Å². The summed E-state index contributed by atoms with van der Waals surface area (Å²) in [4.78, 5) is 31.5. The van der Waals surface area contributed by atoms with Crippen molar-refractivity contribution >= 4 is 21.5 Å². The molecule has 0 atom stereocenters. The Hall–Kier alpha value is -4.67. The van der Waals surface area contributed by atoms with E-state index in [1.807, 2.05) is 0 Å². The fourth-order valence-electron chi connectivity index (χ4n) is 4.29. The number of aromatic hydroxyl groups is 1. The number of carbonyl (C=O) groups is 2. The Morgan fingerprint density at radius 1 is 1.09 bits per heavy atom. The van der Waals surface area contributed by atoms with Crippen LogP contribution >= 0.6 is 0 Å². The van der Waals surface area contributed by atoms with Crippen LogP contribution in [0.4, 0.5) is 13.2 Å². The third kappa shape index (κ3) is 7.45. The molecule has 3 aromatic heterocycles. The van der Waals surface area contributed by atoms with Gasteiger partial charge in [0.25, 0.3) is 11.7 Å². The smallest absolute Gasteiger partial charge is 0.455 e. The standard InChI is InChI=1S/C27H29F3N8O5S/c1-15-11-17(44(5,42)43)13-19(24(41)32-26(2,3)4)18(15)8-9-21(39)20-12-16(14-37-35-25(33-36-37)27(28,29)30)34-38(20)23-22(40)7-6-10-31-23/h6-7,10-13,40H,8-9,14H2,1-5H3,(H,32,41). The number of amides is 1. The van der Waals surface area contributed by atoms with Crippen LogP contribution in [0.3, 0.4) is 0 Å². The molecule has 234 valence electrons. The van der Waals surface area contributed by atoms with Gasteiger partial charge in [0.05, 0.1) is 10.6 Å². The number of tetrazole rings is 1. The van der Waals surface area contributed by atoms with E-state index in [2.05, 4.69) is 30.8 Å². The number of benzene rings is 1. The molecule has 4 rings (SSSR count). The molecule has 1 amide bonds. The first-order valence-corrected chi connectivity index (χ1v) is 15.0.